The summed E-state index contributed by atoms with van der Waals surface area (Å²) in [5.41, 5.74) is 17.8. The molecule has 0 radical (unpaired) electrons. The van der Waals surface area contributed by atoms with Crippen LogP contribution in [0.25, 0.3) is 0 Å². The topological polar surface area (TPSA) is 15.8 Å². The second kappa shape index (κ2) is 11.2. The number of epoxide rings is 1. The van der Waals surface area contributed by atoms with Gasteiger partial charge in [-0.3, -0.25) is 0 Å². The predicted molar refractivity (Wildman–Crippen MR) is 216 cm³/mol. The van der Waals surface area contributed by atoms with Gasteiger partial charge in [-0.05, 0) is 91.4 Å². The molecular weight excluding hydrogens is 754 g/mol. The molecule has 0 aromatic heterocycles. The van der Waals surface area contributed by atoms with Gasteiger partial charge in [-0.2, -0.15) is 0 Å². The SMILES string of the molecule is CC1C(CN2c3ccccc3C(C)(C)c3ccccc32)=C(Br)C=C2C3OC3c3cc(Br)c(C4c5ccccc5C(C)(C)c5ccccc54)cc3[C@@H]21. The third kappa shape index (κ3) is 4.49. The number of para-hydroxylation sites is 2. The van der Waals surface area contributed by atoms with E-state index in [1.807, 2.05) is 0 Å². The molecule has 1 fully saturated rings. The highest BCUT2D eigenvalue weighted by Crippen LogP contribution is 2.61. The number of rotatable bonds is 3. The number of fused-ring (bicyclic) bond motifs is 10. The Morgan fingerprint density at radius 2 is 1.14 bits per heavy atom. The zero-order valence-corrected chi connectivity index (χ0v) is 32.8. The summed E-state index contributed by atoms with van der Waals surface area (Å²) in [5, 5.41) is 0. The third-order valence-electron chi connectivity index (χ3n) is 12.9. The lowest BCUT2D eigenvalue weighted by Gasteiger charge is -2.44. The number of halogens is 2. The Morgan fingerprint density at radius 1 is 0.608 bits per heavy atom. The minimum atomic E-state index is -0.0729. The fourth-order valence-corrected chi connectivity index (χ4v) is 11.6. The maximum Gasteiger partial charge on any atom is 0.114 e. The van der Waals surface area contributed by atoms with Crippen molar-refractivity contribution >= 4 is 43.2 Å². The lowest BCUT2D eigenvalue weighted by atomic mass is 9.63. The van der Waals surface area contributed by atoms with Crippen LogP contribution in [-0.2, 0) is 15.6 Å². The van der Waals surface area contributed by atoms with E-state index in [9.17, 15) is 0 Å². The van der Waals surface area contributed by atoms with Gasteiger partial charge < -0.3 is 9.64 Å². The Kier molecular flexibility index (Phi) is 7.00. The highest BCUT2D eigenvalue weighted by Gasteiger charge is 2.54. The zero-order chi connectivity index (χ0) is 35.0. The van der Waals surface area contributed by atoms with Gasteiger partial charge in [0.25, 0.3) is 0 Å². The molecule has 2 nitrogen and oxygen atoms in total. The predicted octanol–water partition coefficient (Wildman–Crippen LogP) is 12.5. The maximum absolute atomic E-state index is 6.51. The fraction of sp³-hybridized carbons (Fsp3) is 0.277. The van der Waals surface area contributed by atoms with Crippen LogP contribution in [0.15, 0.2) is 135 Å². The molecule has 5 aromatic rings. The van der Waals surface area contributed by atoms with E-state index in [2.05, 4.69) is 187 Å². The van der Waals surface area contributed by atoms with Crippen LogP contribution in [0.2, 0.25) is 0 Å². The summed E-state index contributed by atoms with van der Waals surface area (Å²) < 4.78 is 8.88. The van der Waals surface area contributed by atoms with Gasteiger partial charge in [0.2, 0.25) is 0 Å². The number of anilines is 2. The molecule has 0 spiro atoms. The quantitative estimate of drug-likeness (QED) is 0.169. The molecule has 0 bridgehead atoms. The van der Waals surface area contributed by atoms with Crippen LogP contribution < -0.4 is 4.90 Å². The van der Waals surface area contributed by atoms with Gasteiger partial charge in [0.15, 0.2) is 0 Å². The van der Waals surface area contributed by atoms with Gasteiger partial charge in [-0.1, -0.05) is 157 Å². The maximum atomic E-state index is 6.51. The first-order valence-corrected chi connectivity index (χ1v) is 19.9. The molecule has 0 saturated carbocycles. The van der Waals surface area contributed by atoms with E-state index in [0.717, 1.165) is 6.54 Å². The van der Waals surface area contributed by atoms with Crippen LogP contribution in [0.1, 0.15) is 103 Å². The van der Waals surface area contributed by atoms with E-state index in [4.69, 9.17) is 4.74 Å². The second-order valence-corrected chi connectivity index (χ2v) is 18.0. The van der Waals surface area contributed by atoms with Crippen LogP contribution in [0.5, 0.6) is 0 Å². The van der Waals surface area contributed by atoms with Crippen LogP contribution in [0.3, 0.4) is 0 Å². The molecule has 10 rings (SSSR count). The number of benzene rings is 5. The van der Waals surface area contributed by atoms with Gasteiger partial charge in [0, 0.05) is 49.5 Å². The lowest BCUT2D eigenvalue weighted by Crippen LogP contribution is -2.36. The summed E-state index contributed by atoms with van der Waals surface area (Å²) in [6.07, 6.45) is 2.68. The highest BCUT2D eigenvalue weighted by atomic mass is 79.9. The standard InChI is InChI=1S/C47H41Br2NO/c1-26-33(25-50-40-20-12-10-18-36(40)47(4,5)37-19-11-13-21-41(37)50)39(49)24-32-42(26)29-22-31(38(48)23-30(29)44-45(32)51-44)43-27-14-6-8-16-34(27)46(2,3)35-17-9-7-15-28(35)43/h6-24,26,42-45H,25H2,1-5H3/t26?,42-,44?,45?/m0/s1. The summed E-state index contributed by atoms with van der Waals surface area (Å²) in [5.74, 6) is 0.654. The van der Waals surface area contributed by atoms with Crippen molar-refractivity contribution in [3.63, 3.8) is 0 Å². The van der Waals surface area contributed by atoms with Crippen molar-refractivity contribution in [3.05, 3.63) is 185 Å². The molecule has 5 aromatic carbocycles. The van der Waals surface area contributed by atoms with Crippen LogP contribution >= 0.6 is 31.9 Å². The monoisotopic (exact) mass is 793 g/mol. The van der Waals surface area contributed by atoms with Crippen LogP contribution in [-0.4, -0.2) is 12.6 Å². The Bertz CT molecular complexity index is 2270. The molecule has 51 heavy (non-hydrogen) atoms. The number of hydrogen-bond donors (Lipinski definition) is 0. The van der Waals surface area contributed by atoms with Crippen LogP contribution in [0, 0.1) is 5.92 Å². The summed E-state index contributed by atoms with van der Waals surface area (Å²) in [4.78, 5) is 2.56. The average Bonchev–Trinajstić information content (AvgIpc) is 3.94. The minimum absolute atomic E-state index is 0.0693. The van der Waals surface area contributed by atoms with E-state index in [1.165, 1.54) is 81.5 Å². The Morgan fingerprint density at radius 3 is 1.75 bits per heavy atom. The Labute approximate surface area is 318 Å². The van der Waals surface area contributed by atoms with Crippen molar-refractivity contribution in [3.8, 4) is 0 Å². The van der Waals surface area contributed by atoms with E-state index in [-0.39, 0.29) is 40.8 Å². The molecule has 4 atom stereocenters. The number of hydrogen-bond acceptors (Lipinski definition) is 2. The molecule has 0 N–H and O–H groups in total. The van der Waals surface area contributed by atoms with Crippen molar-refractivity contribution < 1.29 is 4.74 Å². The summed E-state index contributed by atoms with van der Waals surface area (Å²) in [7, 11) is 0. The summed E-state index contributed by atoms with van der Waals surface area (Å²) in [6, 6.07) is 41.1. The van der Waals surface area contributed by atoms with E-state index < -0.39 is 0 Å². The first kappa shape index (κ1) is 32.0. The largest absolute Gasteiger partial charge is 0.360 e. The minimum Gasteiger partial charge on any atom is -0.360 e. The molecular formula is C47H41Br2NO. The van der Waals surface area contributed by atoms with Gasteiger partial charge in [-0.15, -0.1) is 0 Å². The van der Waals surface area contributed by atoms with Crippen molar-refractivity contribution in [2.24, 2.45) is 5.92 Å². The normalized spacial score (nSPS) is 24.6. The van der Waals surface area contributed by atoms with Crippen LogP contribution in [0.4, 0.5) is 11.4 Å². The van der Waals surface area contributed by atoms with Crippen molar-refractivity contribution in [1.82, 2.24) is 0 Å². The van der Waals surface area contributed by atoms with Gasteiger partial charge in [0.05, 0.1) is 0 Å². The molecule has 4 heteroatoms. The molecule has 254 valence electrons. The average molecular weight is 796 g/mol. The van der Waals surface area contributed by atoms with E-state index in [0.29, 0.717) is 0 Å². The number of nitrogens with zero attached hydrogens (tertiary/aromatic N) is 1. The molecule has 2 heterocycles. The van der Waals surface area contributed by atoms with Gasteiger partial charge >= 0.3 is 0 Å². The molecule has 5 aliphatic rings. The van der Waals surface area contributed by atoms with Crippen molar-refractivity contribution in [2.75, 3.05) is 11.4 Å². The van der Waals surface area contributed by atoms with Gasteiger partial charge in [0.1, 0.15) is 12.2 Å². The molecule has 3 unspecified atom stereocenters. The summed E-state index contributed by atoms with van der Waals surface area (Å²) >= 11 is 8.25. The Hall–Kier alpha value is -3.70. The number of ether oxygens (including phenoxy) is 1. The second-order valence-electron chi connectivity index (χ2n) is 16.2. The molecule has 0 amide bonds. The van der Waals surface area contributed by atoms with Crippen molar-refractivity contribution in [2.45, 2.75) is 69.5 Å². The summed E-state index contributed by atoms with van der Waals surface area (Å²) in [6.45, 7) is 12.7. The molecule has 2 aliphatic heterocycles. The zero-order valence-electron chi connectivity index (χ0n) is 29.7. The fourth-order valence-electron chi connectivity index (χ4n) is 10.3. The highest BCUT2D eigenvalue weighted by molar-refractivity contribution is 9.12. The molecule has 3 aliphatic carbocycles. The van der Waals surface area contributed by atoms with E-state index in [1.54, 1.807) is 0 Å². The van der Waals surface area contributed by atoms with Crippen molar-refractivity contribution in [1.29, 1.82) is 0 Å². The van der Waals surface area contributed by atoms with Gasteiger partial charge in [-0.25, -0.2) is 0 Å². The molecule has 1 saturated heterocycles. The first-order chi connectivity index (χ1) is 24.6. The Balaban J connectivity index is 1.10. The number of allylic oxidation sites excluding steroid dienone is 2. The first-order valence-electron chi connectivity index (χ1n) is 18.3. The lowest BCUT2D eigenvalue weighted by molar-refractivity contribution is 0.387. The third-order valence-corrected chi connectivity index (χ3v) is 14.4. The smallest absolute Gasteiger partial charge is 0.114 e. The van der Waals surface area contributed by atoms with E-state index >= 15 is 0 Å².